The number of anilines is 2. The fraction of sp³-hybridized carbons (Fsp3) is 0.407. The minimum absolute atomic E-state index is 0.0234. The van der Waals surface area contributed by atoms with Crippen LogP contribution in [0.1, 0.15) is 56.1 Å². The third-order valence-corrected chi connectivity index (χ3v) is 5.57. The molecule has 0 aliphatic heterocycles. The maximum Gasteiger partial charge on any atom is 0.224 e. The van der Waals surface area contributed by atoms with Crippen molar-refractivity contribution in [3.63, 3.8) is 0 Å². The molecule has 0 radical (unpaired) electrons. The van der Waals surface area contributed by atoms with E-state index in [0.717, 1.165) is 54.6 Å². The topological polar surface area (TPSA) is 116 Å². The largest absolute Gasteiger partial charge is 0.359 e. The second-order valence-corrected chi connectivity index (χ2v) is 8.46. The first-order valence-electron chi connectivity index (χ1n) is 12.1. The van der Waals surface area contributed by atoms with Gasteiger partial charge in [-0.1, -0.05) is 43.5 Å². The molecule has 0 aliphatic rings. The van der Waals surface area contributed by atoms with E-state index in [1.807, 2.05) is 24.3 Å². The molecule has 0 saturated heterocycles. The van der Waals surface area contributed by atoms with Crippen LogP contribution in [0.15, 0.2) is 48.5 Å². The highest BCUT2D eigenvalue weighted by atomic mass is 16.2. The van der Waals surface area contributed by atoms with Gasteiger partial charge in [-0.3, -0.25) is 19.2 Å². The Morgan fingerprint density at radius 2 is 0.857 bits per heavy atom. The van der Waals surface area contributed by atoms with Gasteiger partial charge in [0.2, 0.25) is 23.6 Å². The summed E-state index contributed by atoms with van der Waals surface area (Å²) < 4.78 is 0. The molecule has 0 spiro atoms. The molecular weight excluding hydrogens is 444 g/mol. The van der Waals surface area contributed by atoms with Crippen molar-refractivity contribution in [3.8, 4) is 0 Å². The summed E-state index contributed by atoms with van der Waals surface area (Å²) in [5.41, 5.74) is 3.24. The second-order valence-electron chi connectivity index (χ2n) is 8.46. The van der Waals surface area contributed by atoms with Gasteiger partial charge in [0.25, 0.3) is 0 Å². The van der Waals surface area contributed by atoms with E-state index in [0.29, 0.717) is 25.7 Å². The molecule has 0 bridgehead atoms. The van der Waals surface area contributed by atoms with Crippen molar-refractivity contribution in [1.29, 1.82) is 0 Å². The Bertz CT molecular complexity index is 892. The number of hydrogen-bond donors (Lipinski definition) is 4. The summed E-state index contributed by atoms with van der Waals surface area (Å²) in [6.07, 6.45) is 6.00. The first-order chi connectivity index (χ1) is 16.9. The lowest BCUT2D eigenvalue weighted by Gasteiger charge is -2.07. The normalized spacial score (nSPS) is 10.3. The van der Waals surface area contributed by atoms with Crippen LogP contribution in [-0.2, 0) is 32.0 Å². The van der Waals surface area contributed by atoms with Gasteiger partial charge in [0, 0.05) is 38.3 Å². The highest BCUT2D eigenvalue weighted by Gasteiger charge is 2.06. The van der Waals surface area contributed by atoms with Crippen molar-refractivity contribution in [2.24, 2.45) is 0 Å². The second kappa shape index (κ2) is 15.3. The van der Waals surface area contributed by atoms with E-state index in [9.17, 15) is 19.2 Å². The van der Waals surface area contributed by atoms with Crippen LogP contribution in [0.2, 0.25) is 0 Å². The zero-order valence-corrected chi connectivity index (χ0v) is 20.6. The molecule has 35 heavy (non-hydrogen) atoms. The van der Waals surface area contributed by atoms with Gasteiger partial charge in [-0.2, -0.15) is 0 Å². The van der Waals surface area contributed by atoms with E-state index in [2.05, 4.69) is 21.3 Å². The Labute approximate surface area is 207 Å². The Balaban J connectivity index is 1.53. The van der Waals surface area contributed by atoms with E-state index < -0.39 is 0 Å². The van der Waals surface area contributed by atoms with Crippen molar-refractivity contribution in [3.05, 3.63) is 59.7 Å². The smallest absolute Gasteiger partial charge is 0.224 e. The standard InChI is InChI=1S/C27H36N4O4/c1-28-26(34)18-20-10-14-22(15-11-20)30-24(32)8-6-4-3-5-7-9-25(33)31-23-16-12-21(13-17-23)19-27(35)29-2/h10-17H,3-9,18-19H2,1-2H3,(H,28,34)(H,29,35)(H,30,32)(H,31,33). The summed E-state index contributed by atoms with van der Waals surface area (Å²) in [4.78, 5) is 47.0. The highest BCUT2D eigenvalue weighted by Crippen LogP contribution is 2.14. The molecule has 8 heteroatoms. The number of unbranched alkanes of at least 4 members (excludes halogenated alkanes) is 4. The first-order valence-corrected chi connectivity index (χ1v) is 12.1. The molecule has 188 valence electrons. The molecule has 0 atom stereocenters. The zero-order chi connectivity index (χ0) is 25.5. The van der Waals surface area contributed by atoms with Gasteiger partial charge in [-0.25, -0.2) is 0 Å². The number of rotatable bonds is 14. The predicted octanol–water partition coefficient (Wildman–Crippen LogP) is 3.57. The molecular formula is C27H36N4O4. The van der Waals surface area contributed by atoms with E-state index >= 15 is 0 Å². The first kappa shape index (κ1) is 27.6. The van der Waals surface area contributed by atoms with E-state index in [-0.39, 0.29) is 23.6 Å². The highest BCUT2D eigenvalue weighted by molar-refractivity contribution is 5.91. The van der Waals surface area contributed by atoms with Gasteiger partial charge in [0.05, 0.1) is 12.8 Å². The fourth-order valence-corrected chi connectivity index (χ4v) is 3.51. The summed E-state index contributed by atoms with van der Waals surface area (Å²) in [6, 6.07) is 14.6. The Morgan fingerprint density at radius 1 is 0.514 bits per heavy atom. The predicted molar refractivity (Wildman–Crippen MR) is 138 cm³/mol. The minimum atomic E-state index is -0.0485. The molecule has 0 heterocycles. The maximum atomic E-state index is 12.1. The van der Waals surface area contributed by atoms with Crippen LogP contribution in [0.25, 0.3) is 0 Å². The quantitative estimate of drug-likeness (QED) is 0.309. The van der Waals surface area contributed by atoms with Crippen LogP contribution >= 0.6 is 0 Å². The van der Waals surface area contributed by atoms with Gasteiger partial charge in [0.1, 0.15) is 0 Å². The Morgan fingerprint density at radius 3 is 1.20 bits per heavy atom. The molecule has 2 aromatic rings. The molecule has 0 fully saturated rings. The number of amides is 4. The summed E-state index contributed by atoms with van der Waals surface area (Å²) in [5.74, 6) is -0.144. The van der Waals surface area contributed by atoms with Crippen LogP contribution in [0.5, 0.6) is 0 Å². The molecule has 0 saturated carbocycles. The van der Waals surface area contributed by atoms with Crippen molar-refractivity contribution in [1.82, 2.24) is 10.6 Å². The van der Waals surface area contributed by atoms with Crippen molar-refractivity contribution >= 4 is 35.0 Å². The van der Waals surface area contributed by atoms with E-state index in [1.54, 1.807) is 38.4 Å². The number of benzene rings is 2. The average molecular weight is 481 g/mol. The molecule has 4 N–H and O–H groups in total. The van der Waals surface area contributed by atoms with E-state index in [4.69, 9.17) is 0 Å². The Hall–Kier alpha value is -3.68. The molecule has 0 aromatic heterocycles. The molecule has 2 rings (SSSR count). The molecule has 8 nitrogen and oxygen atoms in total. The Kier molecular flexibility index (Phi) is 12.0. The van der Waals surface area contributed by atoms with Crippen molar-refractivity contribution in [2.45, 2.75) is 57.8 Å². The SMILES string of the molecule is CNC(=O)Cc1ccc(NC(=O)CCCCCCCC(=O)Nc2ccc(CC(=O)NC)cc2)cc1. The zero-order valence-electron chi connectivity index (χ0n) is 20.6. The van der Waals surface area contributed by atoms with Crippen molar-refractivity contribution < 1.29 is 19.2 Å². The minimum Gasteiger partial charge on any atom is -0.359 e. The number of carbonyl (C=O) groups is 4. The lowest BCUT2D eigenvalue weighted by Crippen LogP contribution is -2.19. The van der Waals surface area contributed by atoms with Gasteiger partial charge in [0.15, 0.2) is 0 Å². The van der Waals surface area contributed by atoms with Gasteiger partial charge >= 0.3 is 0 Å². The maximum absolute atomic E-state index is 12.1. The fourth-order valence-electron chi connectivity index (χ4n) is 3.51. The van der Waals surface area contributed by atoms with Crippen LogP contribution in [0.4, 0.5) is 11.4 Å². The molecule has 4 amide bonds. The van der Waals surface area contributed by atoms with Crippen LogP contribution in [0, 0.1) is 0 Å². The number of nitrogens with one attached hydrogen (secondary N) is 4. The summed E-state index contributed by atoms with van der Waals surface area (Å²) in [6.45, 7) is 0. The molecule has 2 aromatic carbocycles. The lowest BCUT2D eigenvalue weighted by molar-refractivity contribution is -0.120. The van der Waals surface area contributed by atoms with Crippen LogP contribution < -0.4 is 21.3 Å². The summed E-state index contributed by atoms with van der Waals surface area (Å²) in [5, 5.41) is 10.9. The number of carbonyl (C=O) groups excluding carboxylic acids is 4. The number of likely N-dealkylation sites (N-methyl/N-ethyl adjacent to an activating group) is 2. The molecule has 0 aliphatic carbocycles. The van der Waals surface area contributed by atoms with E-state index in [1.165, 1.54) is 0 Å². The van der Waals surface area contributed by atoms with Crippen LogP contribution in [-0.4, -0.2) is 37.7 Å². The van der Waals surface area contributed by atoms with Crippen LogP contribution in [0.3, 0.4) is 0 Å². The summed E-state index contributed by atoms with van der Waals surface area (Å²) >= 11 is 0. The summed E-state index contributed by atoms with van der Waals surface area (Å²) in [7, 11) is 3.21. The third kappa shape index (κ3) is 11.3. The number of hydrogen-bond acceptors (Lipinski definition) is 4. The monoisotopic (exact) mass is 480 g/mol. The van der Waals surface area contributed by atoms with Crippen molar-refractivity contribution in [2.75, 3.05) is 24.7 Å². The van der Waals surface area contributed by atoms with Gasteiger partial charge in [-0.05, 0) is 48.2 Å². The average Bonchev–Trinajstić information content (AvgIpc) is 2.85. The third-order valence-electron chi connectivity index (χ3n) is 5.57. The van der Waals surface area contributed by atoms with Gasteiger partial charge < -0.3 is 21.3 Å². The molecule has 0 unspecified atom stereocenters. The van der Waals surface area contributed by atoms with Gasteiger partial charge in [-0.15, -0.1) is 0 Å². The lowest BCUT2D eigenvalue weighted by atomic mass is 10.1.